The fraction of sp³-hybridized carbons (Fsp3) is 0.462. The molecular formula is C26H32N8O3S. The topological polar surface area (TPSA) is 122 Å². The second kappa shape index (κ2) is 9.05. The summed E-state index contributed by atoms with van der Waals surface area (Å²) in [7, 11) is -1.29. The molecule has 0 unspecified atom stereocenters. The lowest BCUT2D eigenvalue weighted by Crippen LogP contribution is -2.72. The quantitative estimate of drug-likeness (QED) is 0.362. The SMILES string of the molecule is COc1cc(-c2[nH]nc(-c3ccc(N4CC5(CN(CCS(C)(=O)=O)C5)C4)cn3)c2C(C)C)cn2ncnc12. The second-order valence-electron chi connectivity index (χ2n) is 10.9. The fourth-order valence-electron chi connectivity index (χ4n) is 5.73. The van der Waals surface area contributed by atoms with Crippen LogP contribution in [0.1, 0.15) is 25.3 Å². The Labute approximate surface area is 221 Å². The van der Waals surface area contributed by atoms with Crippen LogP contribution in [-0.2, 0) is 9.84 Å². The molecule has 38 heavy (non-hydrogen) atoms. The van der Waals surface area contributed by atoms with Crippen LogP contribution in [0.2, 0.25) is 0 Å². The number of hydrogen-bond acceptors (Lipinski definition) is 9. The summed E-state index contributed by atoms with van der Waals surface area (Å²) in [6, 6.07) is 6.09. The van der Waals surface area contributed by atoms with E-state index >= 15 is 0 Å². The van der Waals surface area contributed by atoms with Crippen molar-refractivity contribution in [3.8, 4) is 28.4 Å². The molecule has 6 heterocycles. The molecule has 2 aliphatic heterocycles. The van der Waals surface area contributed by atoms with Gasteiger partial charge in [-0.25, -0.2) is 17.9 Å². The molecule has 2 fully saturated rings. The Bertz CT molecular complexity index is 1580. The van der Waals surface area contributed by atoms with Gasteiger partial charge in [0.25, 0.3) is 0 Å². The van der Waals surface area contributed by atoms with Crippen LogP contribution < -0.4 is 9.64 Å². The second-order valence-corrected chi connectivity index (χ2v) is 13.2. The molecule has 4 aromatic heterocycles. The smallest absolute Gasteiger partial charge is 0.197 e. The number of nitrogens with zero attached hydrogens (tertiary/aromatic N) is 7. The highest BCUT2D eigenvalue weighted by molar-refractivity contribution is 7.90. The molecule has 6 rings (SSSR count). The van der Waals surface area contributed by atoms with Crippen LogP contribution in [0.5, 0.6) is 5.75 Å². The number of pyridine rings is 2. The van der Waals surface area contributed by atoms with Gasteiger partial charge in [0, 0.05) is 61.7 Å². The average molecular weight is 537 g/mol. The number of hydrogen-bond donors (Lipinski definition) is 1. The maximum atomic E-state index is 11.4. The van der Waals surface area contributed by atoms with Crippen LogP contribution >= 0.6 is 0 Å². The highest BCUT2D eigenvalue weighted by atomic mass is 32.2. The number of nitrogens with one attached hydrogen (secondary N) is 1. The monoisotopic (exact) mass is 536 g/mol. The molecule has 200 valence electrons. The van der Waals surface area contributed by atoms with Crippen molar-refractivity contribution < 1.29 is 13.2 Å². The van der Waals surface area contributed by atoms with Gasteiger partial charge in [-0.15, -0.1) is 0 Å². The number of ether oxygens (including phenoxy) is 1. The van der Waals surface area contributed by atoms with Gasteiger partial charge < -0.3 is 14.5 Å². The van der Waals surface area contributed by atoms with E-state index in [0.717, 1.165) is 60.1 Å². The van der Waals surface area contributed by atoms with Crippen molar-refractivity contribution in [3.63, 3.8) is 0 Å². The number of likely N-dealkylation sites (tertiary alicyclic amines) is 1. The first-order valence-electron chi connectivity index (χ1n) is 12.7. The van der Waals surface area contributed by atoms with Crippen molar-refractivity contribution in [2.45, 2.75) is 19.8 Å². The molecule has 11 nitrogen and oxygen atoms in total. The van der Waals surface area contributed by atoms with Crippen LogP contribution in [0.3, 0.4) is 0 Å². The Balaban J connectivity index is 1.18. The number of H-pyrrole nitrogens is 1. The van der Waals surface area contributed by atoms with E-state index in [1.54, 1.807) is 11.6 Å². The van der Waals surface area contributed by atoms with E-state index in [1.807, 2.05) is 24.5 Å². The van der Waals surface area contributed by atoms with Gasteiger partial charge in [0.05, 0.1) is 36.1 Å². The lowest BCUT2D eigenvalue weighted by molar-refractivity contribution is -0.0172. The molecule has 0 atom stereocenters. The summed E-state index contributed by atoms with van der Waals surface area (Å²) in [6.07, 6.45) is 6.65. The molecule has 12 heteroatoms. The summed E-state index contributed by atoms with van der Waals surface area (Å²) in [5.41, 5.74) is 6.60. The van der Waals surface area contributed by atoms with E-state index in [1.165, 1.54) is 12.6 Å². The molecule has 2 saturated heterocycles. The minimum Gasteiger partial charge on any atom is -0.493 e. The van der Waals surface area contributed by atoms with E-state index in [0.29, 0.717) is 17.9 Å². The van der Waals surface area contributed by atoms with Gasteiger partial charge in [-0.05, 0) is 24.1 Å². The summed E-state index contributed by atoms with van der Waals surface area (Å²) in [5.74, 6) is 1.08. The number of methoxy groups -OCH3 is 1. The Kier molecular flexibility index (Phi) is 5.91. The van der Waals surface area contributed by atoms with E-state index in [4.69, 9.17) is 9.72 Å². The molecule has 1 N–H and O–H groups in total. The molecular weight excluding hydrogens is 504 g/mol. The van der Waals surface area contributed by atoms with Crippen molar-refractivity contribution in [3.05, 3.63) is 42.5 Å². The zero-order chi connectivity index (χ0) is 26.7. The zero-order valence-corrected chi connectivity index (χ0v) is 22.9. The molecule has 0 radical (unpaired) electrons. The maximum absolute atomic E-state index is 11.4. The third-order valence-corrected chi connectivity index (χ3v) is 8.46. The van der Waals surface area contributed by atoms with Gasteiger partial charge in [0.2, 0.25) is 0 Å². The molecule has 2 aliphatic rings. The third-order valence-electron chi connectivity index (χ3n) is 7.54. The van der Waals surface area contributed by atoms with Crippen molar-refractivity contribution in [1.82, 2.24) is 34.7 Å². The van der Waals surface area contributed by atoms with Crippen molar-refractivity contribution in [2.75, 3.05) is 56.7 Å². The standard InChI is InChI=1S/C26H32N8O3S/c1-17(2)22-23(18-9-21(37-3)25-28-16-29-34(25)11-18)30-31-24(22)20-6-5-19(10-27-20)33-14-26(15-33)12-32(13-26)7-8-38(4,35)36/h5-6,9-11,16-17H,7-8,12-15H2,1-4H3,(H,30,31). The molecule has 0 amide bonds. The van der Waals surface area contributed by atoms with E-state index in [9.17, 15) is 8.42 Å². The summed E-state index contributed by atoms with van der Waals surface area (Å²) >= 11 is 0. The number of fused-ring (bicyclic) bond motifs is 1. The van der Waals surface area contributed by atoms with Gasteiger partial charge in [0.15, 0.2) is 11.4 Å². The average Bonchev–Trinajstić information content (AvgIpc) is 3.48. The van der Waals surface area contributed by atoms with Crippen LogP contribution in [0.25, 0.3) is 28.3 Å². The number of anilines is 1. The van der Waals surface area contributed by atoms with Gasteiger partial charge in [-0.2, -0.15) is 10.2 Å². The van der Waals surface area contributed by atoms with Crippen molar-refractivity contribution in [2.24, 2.45) is 5.41 Å². The lowest BCUT2D eigenvalue weighted by Gasteiger charge is -2.61. The normalized spacial score (nSPS) is 17.2. The van der Waals surface area contributed by atoms with Gasteiger partial charge in [-0.3, -0.25) is 10.1 Å². The largest absolute Gasteiger partial charge is 0.493 e. The van der Waals surface area contributed by atoms with Crippen LogP contribution in [0.4, 0.5) is 5.69 Å². The molecule has 0 bridgehead atoms. The lowest BCUT2D eigenvalue weighted by atomic mass is 9.72. The summed E-state index contributed by atoms with van der Waals surface area (Å²) in [4.78, 5) is 13.6. The number of rotatable bonds is 8. The van der Waals surface area contributed by atoms with Crippen LogP contribution in [-0.4, -0.2) is 94.9 Å². The third kappa shape index (κ3) is 4.41. The highest BCUT2D eigenvalue weighted by Gasteiger charge is 2.51. The first-order valence-corrected chi connectivity index (χ1v) is 14.8. The Morgan fingerprint density at radius 1 is 1.16 bits per heavy atom. The van der Waals surface area contributed by atoms with Crippen molar-refractivity contribution in [1.29, 1.82) is 0 Å². The van der Waals surface area contributed by atoms with E-state index < -0.39 is 9.84 Å². The van der Waals surface area contributed by atoms with Gasteiger partial charge in [0.1, 0.15) is 21.9 Å². The Morgan fingerprint density at radius 3 is 2.61 bits per heavy atom. The van der Waals surface area contributed by atoms with Crippen LogP contribution in [0, 0.1) is 5.41 Å². The predicted molar refractivity (Wildman–Crippen MR) is 145 cm³/mol. The first-order chi connectivity index (χ1) is 18.1. The summed E-state index contributed by atoms with van der Waals surface area (Å²) in [6.45, 7) is 8.79. The molecule has 4 aromatic rings. The molecule has 0 aliphatic carbocycles. The minimum atomic E-state index is -2.91. The highest BCUT2D eigenvalue weighted by Crippen LogP contribution is 2.42. The summed E-state index contributed by atoms with van der Waals surface area (Å²) in [5, 5.41) is 12.2. The summed E-state index contributed by atoms with van der Waals surface area (Å²) < 4.78 is 30.1. The number of aromatic nitrogens is 6. The van der Waals surface area contributed by atoms with Crippen molar-refractivity contribution >= 4 is 21.2 Å². The Hall–Kier alpha value is -3.51. The maximum Gasteiger partial charge on any atom is 0.197 e. The number of aromatic amines is 1. The first kappa shape index (κ1) is 24.8. The molecule has 0 saturated carbocycles. The fourth-order valence-corrected chi connectivity index (χ4v) is 6.32. The van der Waals surface area contributed by atoms with E-state index in [2.05, 4.69) is 50.0 Å². The number of sulfone groups is 1. The Morgan fingerprint density at radius 2 is 1.95 bits per heavy atom. The predicted octanol–water partition coefficient (Wildman–Crippen LogP) is 2.48. The van der Waals surface area contributed by atoms with E-state index in [-0.39, 0.29) is 17.1 Å². The minimum absolute atomic E-state index is 0.206. The molecule has 1 spiro atoms. The zero-order valence-electron chi connectivity index (χ0n) is 22.0. The van der Waals surface area contributed by atoms with Crippen LogP contribution in [0.15, 0.2) is 36.9 Å². The molecule has 0 aromatic carbocycles. The van der Waals surface area contributed by atoms with Gasteiger partial charge >= 0.3 is 0 Å². The van der Waals surface area contributed by atoms with Gasteiger partial charge in [-0.1, -0.05) is 13.8 Å².